The van der Waals surface area contributed by atoms with Crippen molar-refractivity contribution in [2.24, 2.45) is 0 Å². The van der Waals surface area contributed by atoms with Gasteiger partial charge in [-0.3, -0.25) is 4.79 Å². The minimum Gasteiger partial charge on any atom is -0.481 e. The van der Waals surface area contributed by atoms with E-state index in [4.69, 9.17) is 9.47 Å². The van der Waals surface area contributed by atoms with E-state index in [1.54, 1.807) is 19.1 Å². The van der Waals surface area contributed by atoms with Gasteiger partial charge in [0.2, 0.25) is 0 Å². The SMILES string of the molecule is COC1CC(C(=O)O)N(C(=O)C(C)Oc2ccc(Br)cc2)C1. The van der Waals surface area contributed by atoms with E-state index in [1.165, 1.54) is 12.0 Å². The minimum atomic E-state index is -1.02. The lowest BCUT2D eigenvalue weighted by Gasteiger charge is -2.25. The molecule has 1 heterocycles. The highest BCUT2D eigenvalue weighted by atomic mass is 79.9. The molecule has 1 fully saturated rings. The van der Waals surface area contributed by atoms with E-state index in [0.29, 0.717) is 12.2 Å². The monoisotopic (exact) mass is 371 g/mol. The smallest absolute Gasteiger partial charge is 0.326 e. The number of likely N-dealkylation sites (tertiary alicyclic amines) is 1. The highest BCUT2D eigenvalue weighted by Crippen LogP contribution is 2.23. The molecule has 120 valence electrons. The molecular weight excluding hydrogens is 354 g/mol. The van der Waals surface area contributed by atoms with Crippen LogP contribution >= 0.6 is 15.9 Å². The zero-order valence-electron chi connectivity index (χ0n) is 12.4. The van der Waals surface area contributed by atoms with Crippen molar-refractivity contribution in [1.82, 2.24) is 4.90 Å². The first-order valence-corrected chi connectivity index (χ1v) is 7.70. The quantitative estimate of drug-likeness (QED) is 0.855. The number of amides is 1. The summed E-state index contributed by atoms with van der Waals surface area (Å²) in [6, 6.07) is 6.23. The summed E-state index contributed by atoms with van der Waals surface area (Å²) in [5.74, 6) is -0.822. The van der Waals surface area contributed by atoms with Gasteiger partial charge in [-0.1, -0.05) is 15.9 Å². The number of carboxylic acids is 1. The van der Waals surface area contributed by atoms with Gasteiger partial charge in [0.05, 0.1) is 6.10 Å². The van der Waals surface area contributed by atoms with Crippen LogP contribution < -0.4 is 4.74 Å². The number of benzene rings is 1. The number of ether oxygens (including phenoxy) is 2. The predicted molar refractivity (Wildman–Crippen MR) is 82.8 cm³/mol. The first-order chi connectivity index (χ1) is 10.4. The van der Waals surface area contributed by atoms with Gasteiger partial charge in [0, 0.05) is 24.5 Å². The molecule has 3 unspecified atom stereocenters. The van der Waals surface area contributed by atoms with E-state index in [2.05, 4.69) is 15.9 Å². The van der Waals surface area contributed by atoms with Gasteiger partial charge in [-0.2, -0.15) is 0 Å². The van der Waals surface area contributed by atoms with Crippen LogP contribution in [-0.2, 0) is 14.3 Å². The number of carbonyl (C=O) groups excluding carboxylic acids is 1. The molecule has 1 aliphatic heterocycles. The summed E-state index contributed by atoms with van der Waals surface area (Å²) < 4.78 is 11.7. The maximum atomic E-state index is 12.5. The second-order valence-electron chi connectivity index (χ2n) is 5.15. The van der Waals surface area contributed by atoms with Crippen LogP contribution in [0, 0.1) is 0 Å². The van der Waals surface area contributed by atoms with Crippen molar-refractivity contribution in [2.75, 3.05) is 13.7 Å². The van der Waals surface area contributed by atoms with E-state index in [1.807, 2.05) is 12.1 Å². The average Bonchev–Trinajstić information content (AvgIpc) is 2.93. The van der Waals surface area contributed by atoms with Crippen LogP contribution in [0.1, 0.15) is 13.3 Å². The maximum Gasteiger partial charge on any atom is 0.326 e. The van der Waals surface area contributed by atoms with Gasteiger partial charge in [0.1, 0.15) is 11.8 Å². The molecule has 3 atom stereocenters. The van der Waals surface area contributed by atoms with Gasteiger partial charge in [0.25, 0.3) is 5.91 Å². The second kappa shape index (κ2) is 7.11. The molecule has 7 heteroatoms. The molecule has 1 aromatic carbocycles. The molecule has 0 radical (unpaired) electrons. The molecule has 1 aliphatic rings. The number of aliphatic carboxylic acids is 1. The molecule has 0 aromatic heterocycles. The first kappa shape index (κ1) is 16.8. The molecule has 1 N–H and O–H groups in total. The lowest BCUT2D eigenvalue weighted by Crippen LogP contribution is -2.46. The number of methoxy groups -OCH3 is 1. The summed E-state index contributed by atoms with van der Waals surface area (Å²) in [6.07, 6.45) is -0.730. The Hall–Kier alpha value is -1.60. The van der Waals surface area contributed by atoms with Gasteiger partial charge in [-0.05, 0) is 31.2 Å². The lowest BCUT2D eigenvalue weighted by atomic mass is 10.2. The summed E-state index contributed by atoms with van der Waals surface area (Å²) in [7, 11) is 1.51. The van der Waals surface area contributed by atoms with Crippen LogP contribution in [-0.4, -0.2) is 53.8 Å². The minimum absolute atomic E-state index is 0.259. The fourth-order valence-corrected chi connectivity index (χ4v) is 2.71. The molecule has 2 rings (SSSR count). The Morgan fingerprint density at radius 2 is 2.00 bits per heavy atom. The molecule has 1 amide bonds. The van der Waals surface area contributed by atoms with Gasteiger partial charge in [-0.15, -0.1) is 0 Å². The van der Waals surface area contributed by atoms with Crippen molar-refractivity contribution >= 4 is 27.8 Å². The van der Waals surface area contributed by atoms with Crippen molar-refractivity contribution in [1.29, 1.82) is 0 Å². The van der Waals surface area contributed by atoms with Crippen molar-refractivity contribution in [3.63, 3.8) is 0 Å². The van der Waals surface area contributed by atoms with Crippen LogP contribution in [0.25, 0.3) is 0 Å². The summed E-state index contributed by atoms with van der Waals surface area (Å²) in [5.41, 5.74) is 0. The third-order valence-corrected chi connectivity index (χ3v) is 4.17. The molecule has 0 bridgehead atoms. The molecule has 0 saturated carbocycles. The summed E-state index contributed by atoms with van der Waals surface area (Å²) in [5, 5.41) is 9.25. The fourth-order valence-electron chi connectivity index (χ4n) is 2.45. The molecule has 1 saturated heterocycles. The van der Waals surface area contributed by atoms with Gasteiger partial charge in [0.15, 0.2) is 6.10 Å². The van der Waals surface area contributed by atoms with Crippen LogP contribution in [0.5, 0.6) is 5.75 Å². The van der Waals surface area contributed by atoms with E-state index >= 15 is 0 Å². The number of rotatable bonds is 5. The standard InChI is InChI=1S/C15H18BrNO5/c1-9(22-11-5-3-10(16)4-6-11)14(18)17-8-12(21-2)7-13(17)15(19)20/h3-6,9,12-13H,7-8H2,1-2H3,(H,19,20). The number of hydrogen-bond acceptors (Lipinski definition) is 4. The predicted octanol–water partition coefficient (Wildman–Crippen LogP) is 1.92. The highest BCUT2D eigenvalue weighted by Gasteiger charge is 2.41. The van der Waals surface area contributed by atoms with Crippen LogP contribution in [0.3, 0.4) is 0 Å². The summed E-state index contributed by atoms with van der Waals surface area (Å²) in [6.45, 7) is 1.88. The fraction of sp³-hybridized carbons (Fsp3) is 0.467. The molecule has 0 aliphatic carbocycles. The van der Waals surface area contributed by atoms with Crippen LogP contribution in [0.2, 0.25) is 0 Å². The van der Waals surface area contributed by atoms with E-state index < -0.39 is 18.1 Å². The van der Waals surface area contributed by atoms with E-state index in [9.17, 15) is 14.7 Å². The Balaban J connectivity index is 2.05. The topological polar surface area (TPSA) is 76.1 Å². The first-order valence-electron chi connectivity index (χ1n) is 6.90. The van der Waals surface area contributed by atoms with E-state index in [0.717, 1.165) is 4.47 Å². The number of hydrogen-bond donors (Lipinski definition) is 1. The highest BCUT2D eigenvalue weighted by molar-refractivity contribution is 9.10. The average molecular weight is 372 g/mol. The van der Waals surface area contributed by atoms with Gasteiger partial charge >= 0.3 is 5.97 Å². The van der Waals surface area contributed by atoms with E-state index in [-0.39, 0.29) is 18.6 Å². The third-order valence-electron chi connectivity index (χ3n) is 3.64. The Labute approximate surface area is 137 Å². The van der Waals surface area contributed by atoms with Crippen LogP contribution in [0.4, 0.5) is 0 Å². The molecule has 0 spiro atoms. The lowest BCUT2D eigenvalue weighted by molar-refractivity contribution is -0.150. The zero-order chi connectivity index (χ0) is 16.3. The molecule has 1 aromatic rings. The van der Waals surface area contributed by atoms with Crippen molar-refractivity contribution in [3.8, 4) is 5.75 Å². The molecule has 22 heavy (non-hydrogen) atoms. The van der Waals surface area contributed by atoms with Crippen molar-refractivity contribution in [2.45, 2.75) is 31.6 Å². The zero-order valence-corrected chi connectivity index (χ0v) is 13.9. The number of halogens is 1. The Morgan fingerprint density at radius 3 is 2.55 bits per heavy atom. The molecule has 6 nitrogen and oxygen atoms in total. The van der Waals surface area contributed by atoms with Crippen molar-refractivity contribution < 1.29 is 24.2 Å². The van der Waals surface area contributed by atoms with Crippen LogP contribution in [0.15, 0.2) is 28.7 Å². The Kier molecular flexibility index (Phi) is 5.42. The third kappa shape index (κ3) is 3.78. The Morgan fingerprint density at radius 1 is 1.36 bits per heavy atom. The van der Waals surface area contributed by atoms with Crippen molar-refractivity contribution in [3.05, 3.63) is 28.7 Å². The molecular formula is C15H18BrNO5. The van der Waals surface area contributed by atoms with Gasteiger partial charge < -0.3 is 19.5 Å². The van der Waals surface area contributed by atoms with Gasteiger partial charge in [-0.25, -0.2) is 4.79 Å². The summed E-state index contributed by atoms with van der Waals surface area (Å²) >= 11 is 3.32. The number of carboxylic acid groups (broad SMARTS) is 1. The normalized spacial score (nSPS) is 22.4. The number of nitrogens with zero attached hydrogens (tertiary/aromatic N) is 1. The summed E-state index contributed by atoms with van der Waals surface area (Å²) in [4.78, 5) is 25.1. The Bertz CT molecular complexity index is 547. The largest absolute Gasteiger partial charge is 0.481 e. The second-order valence-corrected chi connectivity index (χ2v) is 6.07. The number of carbonyl (C=O) groups is 2. The maximum absolute atomic E-state index is 12.5.